The molecule has 3 aromatic carbocycles. The van der Waals surface area contributed by atoms with Gasteiger partial charge in [0, 0.05) is 35.6 Å². The van der Waals surface area contributed by atoms with Gasteiger partial charge in [-0.15, -0.1) is 0 Å². The van der Waals surface area contributed by atoms with Crippen LogP contribution in [0.25, 0.3) is 16.7 Å². The number of ether oxygens (including phenoxy) is 1. The van der Waals surface area contributed by atoms with Crippen LogP contribution in [-0.4, -0.2) is 36.4 Å². The molecule has 2 heterocycles. The van der Waals surface area contributed by atoms with Crippen molar-refractivity contribution in [2.75, 3.05) is 19.0 Å². The number of nitrogens with one attached hydrogen (secondary N) is 2. The number of amides is 2. The highest BCUT2D eigenvalue weighted by molar-refractivity contribution is 6.31. The first kappa shape index (κ1) is 22.9. The number of fused-ring (bicyclic) bond motifs is 1. The number of likely N-dealkylation sites (tertiary alicyclic amines) is 1. The molecule has 1 saturated heterocycles. The summed E-state index contributed by atoms with van der Waals surface area (Å²) in [6.45, 7) is 4.39. The number of carbonyl (C=O) groups excluding carboxylic acids is 2. The van der Waals surface area contributed by atoms with Crippen molar-refractivity contribution in [3.63, 3.8) is 0 Å². The van der Waals surface area contributed by atoms with Crippen LogP contribution in [-0.2, 0) is 11.3 Å². The second-order valence-electron chi connectivity index (χ2n) is 9.13. The molecule has 2 amide bonds. The van der Waals surface area contributed by atoms with Crippen molar-refractivity contribution in [1.82, 2.24) is 10.2 Å². The fraction of sp³-hybridized carbons (Fsp3) is 0.241. The molecule has 2 aliphatic rings. The average Bonchev–Trinajstić information content (AvgIpc) is 3.28. The lowest BCUT2D eigenvalue weighted by Crippen LogP contribution is -2.36. The number of benzene rings is 3. The quantitative estimate of drug-likeness (QED) is 0.391. The molecule has 3 aromatic rings. The molecule has 6 heteroatoms. The Balaban J connectivity index is 1.38. The minimum Gasteiger partial charge on any atom is -0.497 e. The largest absolute Gasteiger partial charge is 0.497 e. The van der Waals surface area contributed by atoms with E-state index in [2.05, 4.69) is 34.6 Å². The summed E-state index contributed by atoms with van der Waals surface area (Å²) in [5.74, 6) is -0.0301. The highest BCUT2D eigenvalue weighted by Crippen LogP contribution is 2.31. The number of anilines is 1. The predicted molar refractivity (Wildman–Crippen MR) is 138 cm³/mol. The van der Waals surface area contributed by atoms with E-state index in [1.807, 2.05) is 48.5 Å². The van der Waals surface area contributed by atoms with Gasteiger partial charge in [-0.05, 0) is 79.4 Å². The van der Waals surface area contributed by atoms with Gasteiger partial charge in [-0.1, -0.05) is 30.3 Å². The molecule has 178 valence electrons. The zero-order valence-electron chi connectivity index (χ0n) is 20.0. The fourth-order valence-corrected chi connectivity index (χ4v) is 4.76. The van der Waals surface area contributed by atoms with E-state index in [4.69, 9.17) is 4.74 Å². The van der Waals surface area contributed by atoms with Crippen molar-refractivity contribution in [3.05, 3.63) is 89.6 Å². The summed E-state index contributed by atoms with van der Waals surface area (Å²) in [7, 11) is 1.63. The Labute approximate surface area is 205 Å². The summed E-state index contributed by atoms with van der Waals surface area (Å²) in [6, 6.07) is 22.1. The van der Waals surface area contributed by atoms with Crippen LogP contribution in [0.4, 0.5) is 5.69 Å². The van der Waals surface area contributed by atoms with Crippen molar-refractivity contribution in [2.24, 2.45) is 0 Å². The number of imide groups is 1. The number of carbonyl (C=O) groups is 2. The standard InChI is InChI=1S/C29H29N3O3/c1-19-4-3-15-32(19)18-20-5-10-23(11-6-20)30-17-27-26-16-22(21-7-12-24(35-2)13-8-21)9-14-25(26)28(33)31-29(27)34/h5-14,16-17,19,30H,3-4,15,18H2,1-2H3,(H,31,33,34)/b27-17-. The van der Waals surface area contributed by atoms with Crippen molar-refractivity contribution in [2.45, 2.75) is 32.4 Å². The minimum atomic E-state index is -0.415. The van der Waals surface area contributed by atoms with Gasteiger partial charge in [-0.2, -0.15) is 0 Å². The van der Waals surface area contributed by atoms with Crippen LogP contribution in [0, 0.1) is 0 Å². The molecule has 0 aliphatic carbocycles. The zero-order chi connectivity index (χ0) is 24.4. The van der Waals surface area contributed by atoms with Gasteiger partial charge in [-0.25, -0.2) is 0 Å². The molecule has 0 saturated carbocycles. The Morgan fingerprint density at radius 2 is 1.71 bits per heavy atom. The van der Waals surface area contributed by atoms with Crippen LogP contribution < -0.4 is 15.4 Å². The van der Waals surface area contributed by atoms with Crippen molar-refractivity contribution >= 4 is 23.1 Å². The van der Waals surface area contributed by atoms with Crippen LogP contribution in [0.3, 0.4) is 0 Å². The summed E-state index contributed by atoms with van der Waals surface area (Å²) in [5.41, 5.74) is 5.55. The van der Waals surface area contributed by atoms with E-state index in [0.717, 1.165) is 35.7 Å². The van der Waals surface area contributed by atoms with E-state index in [1.54, 1.807) is 19.4 Å². The van der Waals surface area contributed by atoms with E-state index >= 15 is 0 Å². The maximum Gasteiger partial charge on any atom is 0.260 e. The first-order valence-corrected chi connectivity index (χ1v) is 12.0. The molecule has 2 N–H and O–H groups in total. The number of methoxy groups -OCH3 is 1. The smallest absolute Gasteiger partial charge is 0.260 e. The molecule has 6 nitrogen and oxygen atoms in total. The van der Waals surface area contributed by atoms with E-state index in [0.29, 0.717) is 22.7 Å². The van der Waals surface area contributed by atoms with Gasteiger partial charge >= 0.3 is 0 Å². The van der Waals surface area contributed by atoms with Gasteiger partial charge in [0.2, 0.25) is 0 Å². The van der Waals surface area contributed by atoms with Crippen LogP contribution in [0.2, 0.25) is 0 Å². The van der Waals surface area contributed by atoms with Gasteiger partial charge in [0.15, 0.2) is 0 Å². The number of hydrogen-bond acceptors (Lipinski definition) is 5. The molecular formula is C29H29N3O3. The Bertz CT molecular complexity index is 1280. The molecule has 2 aliphatic heterocycles. The third-order valence-electron chi connectivity index (χ3n) is 6.86. The number of hydrogen-bond donors (Lipinski definition) is 2. The number of rotatable bonds is 6. The fourth-order valence-electron chi connectivity index (χ4n) is 4.76. The average molecular weight is 468 g/mol. The third kappa shape index (κ3) is 4.84. The Morgan fingerprint density at radius 3 is 2.40 bits per heavy atom. The normalized spacial score (nSPS) is 18.9. The minimum absolute atomic E-state index is 0.385. The third-order valence-corrected chi connectivity index (χ3v) is 6.86. The second kappa shape index (κ2) is 9.76. The van der Waals surface area contributed by atoms with E-state index in [9.17, 15) is 9.59 Å². The highest BCUT2D eigenvalue weighted by atomic mass is 16.5. The summed E-state index contributed by atoms with van der Waals surface area (Å²) in [4.78, 5) is 27.7. The van der Waals surface area contributed by atoms with Gasteiger partial charge in [-0.3, -0.25) is 19.8 Å². The molecule has 1 unspecified atom stereocenters. The molecule has 0 aromatic heterocycles. The van der Waals surface area contributed by atoms with Gasteiger partial charge in [0.05, 0.1) is 12.7 Å². The molecule has 35 heavy (non-hydrogen) atoms. The molecule has 0 radical (unpaired) electrons. The first-order chi connectivity index (χ1) is 17.0. The van der Waals surface area contributed by atoms with Crippen LogP contribution in [0.5, 0.6) is 5.75 Å². The molecule has 0 spiro atoms. The van der Waals surface area contributed by atoms with Crippen molar-refractivity contribution in [3.8, 4) is 16.9 Å². The lowest BCUT2D eigenvalue weighted by Gasteiger charge is -2.21. The van der Waals surface area contributed by atoms with E-state index in [1.165, 1.54) is 18.4 Å². The van der Waals surface area contributed by atoms with Crippen LogP contribution >= 0.6 is 0 Å². The summed E-state index contributed by atoms with van der Waals surface area (Å²) < 4.78 is 5.24. The second-order valence-corrected chi connectivity index (χ2v) is 9.13. The SMILES string of the molecule is COc1ccc(-c2ccc3c(c2)/C(=C/Nc2ccc(CN4CCCC4C)cc2)C(=O)NC3=O)cc1. The number of nitrogens with zero attached hydrogens (tertiary/aromatic N) is 1. The molecule has 1 atom stereocenters. The maximum atomic E-state index is 12.7. The first-order valence-electron chi connectivity index (χ1n) is 12.0. The van der Waals surface area contributed by atoms with E-state index in [-0.39, 0.29) is 5.91 Å². The molecular weight excluding hydrogens is 438 g/mol. The van der Waals surface area contributed by atoms with Gasteiger partial charge < -0.3 is 10.1 Å². The summed E-state index contributed by atoms with van der Waals surface area (Å²) >= 11 is 0. The molecule has 5 rings (SSSR count). The Kier molecular flexibility index (Phi) is 6.38. The van der Waals surface area contributed by atoms with Crippen LogP contribution in [0.1, 0.15) is 41.3 Å². The Hall–Kier alpha value is -3.90. The predicted octanol–water partition coefficient (Wildman–Crippen LogP) is 5.07. The van der Waals surface area contributed by atoms with Crippen LogP contribution in [0.15, 0.2) is 72.9 Å². The lowest BCUT2D eigenvalue weighted by atomic mass is 9.91. The van der Waals surface area contributed by atoms with Crippen molar-refractivity contribution in [1.29, 1.82) is 0 Å². The molecule has 0 bridgehead atoms. The highest BCUT2D eigenvalue weighted by Gasteiger charge is 2.27. The van der Waals surface area contributed by atoms with Gasteiger partial charge in [0.25, 0.3) is 11.8 Å². The van der Waals surface area contributed by atoms with E-state index < -0.39 is 5.91 Å². The monoisotopic (exact) mass is 467 g/mol. The Morgan fingerprint density at radius 1 is 0.971 bits per heavy atom. The summed E-state index contributed by atoms with van der Waals surface area (Å²) in [5, 5.41) is 5.68. The topological polar surface area (TPSA) is 70.7 Å². The van der Waals surface area contributed by atoms with Gasteiger partial charge in [0.1, 0.15) is 5.75 Å². The zero-order valence-corrected chi connectivity index (χ0v) is 20.0. The summed E-state index contributed by atoms with van der Waals surface area (Å²) in [6.07, 6.45) is 4.20. The van der Waals surface area contributed by atoms with Crippen molar-refractivity contribution < 1.29 is 14.3 Å². The maximum absolute atomic E-state index is 12.7. The molecule has 1 fully saturated rings. The lowest BCUT2D eigenvalue weighted by molar-refractivity contribution is -0.114.